The van der Waals surface area contributed by atoms with E-state index in [-0.39, 0.29) is 23.7 Å². The number of nitrogens with one attached hydrogen (secondary N) is 2. The van der Waals surface area contributed by atoms with Crippen LogP contribution in [0, 0.1) is 5.41 Å². The topological polar surface area (TPSA) is 117 Å². The van der Waals surface area contributed by atoms with Crippen LogP contribution in [-0.4, -0.2) is 35.4 Å². The highest BCUT2D eigenvalue weighted by atomic mass is 16.4. The van der Waals surface area contributed by atoms with Gasteiger partial charge in [0.05, 0.1) is 6.04 Å². The van der Waals surface area contributed by atoms with Crippen LogP contribution in [0.4, 0.5) is 0 Å². The van der Waals surface area contributed by atoms with Crippen molar-refractivity contribution >= 4 is 17.6 Å². The standard InChI is InChI=1S/C11H20N4O3/c1-11(2,10(12)15-18)5-6-13-7-3-4-8(16)14-9(7)17/h7,13,18H,3-6H2,1-2H3,(H2,12,15)(H,14,16,17). The van der Waals surface area contributed by atoms with E-state index in [9.17, 15) is 9.59 Å². The Morgan fingerprint density at radius 3 is 2.83 bits per heavy atom. The van der Waals surface area contributed by atoms with Gasteiger partial charge in [0.1, 0.15) is 5.84 Å². The predicted molar refractivity (Wildman–Crippen MR) is 66.0 cm³/mol. The largest absolute Gasteiger partial charge is 0.409 e. The summed E-state index contributed by atoms with van der Waals surface area (Å²) in [5.74, 6) is -0.351. The number of hydrogen-bond acceptors (Lipinski definition) is 5. The zero-order chi connectivity index (χ0) is 13.8. The van der Waals surface area contributed by atoms with Gasteiger partial charge in [0.25, 0.3) is 0 Å². The Labute approximate surface area is 106 Å². The number of rotatable bonds is 5. The molecule has 5 N–H and O–H groups in total. The van der Waals surface area contributed by atoms with Gasteiger partial charge in [-0.1, -0.05) is 19.0 Å². The first kappa shape index (κ1) is 14.4. The molecule has 1 rings (SSSR count). The van der Waals surface area contributed by atoms with Crippen LogP contribution in [0.2, 0.25) is 0 Å². The second kappa shape index (κ2) is 5.81. The smallest absolute Gasteiger partial charge is 0.243 e. The summed E-state index contributed by atoms with van der Waals surface area (Å²) < 4.78 is 0. The molecule has 0 aromatic heterocycles. The van der Waals surface area contributed by atoms with Gasteiger partial charge in [-0.25, -0.2) is 0 Å². The molecule has 0 spiro atoms. The Morgan fingerprint density at radius 1 is 1.61 bits per heavy atom. The van der Waals surface area contributed by atoms with Crippen molar-refractivity contribution in [2.45, 2.75) is 39.2 Å². The number of carbonyl (C=O) groups is 2. The summed E-state index contributed by atoms with van der Waals surface area (Å²) in [6.07, 6.45) is 1.49. The molecular formula is C11H20N4O3. The van der Waals surface area contributed by atoms with E-state index in [2.05, 4.69) is 15.8 Å². The highest BCUT2D eigenvalue weighted by Crippen LogP contribution is 2.19. The zero-order valence-electron chi connectivity index (χ0n) is 10.7. The molecule has 0 aromatic rings. The number of piperidine rings is 1. The average molecular weight is 256 g/mol. The minimum Gasteiger partial charge on any atom is -0.409 e. The van der Waals surface area contributed by atoms with Crippen molar-refractivity contribution in [1.29, 1.82) is 0 Å². The maximum Gasteiger partial charge on any atom is 0.243 e. The molecule has 1 saturated heterocycles. The summed E-state index contributed by atoms with van der Waals surface area (Å²) in [6, 6.07) is -0.342. The molecule has 1 aliphatic heterocycles. The van der Waals surface area contributed by atoms with Crippen molar-refractivity contribution in [1.82, 2.24) is 10.6 Å². The Bertz CT molecular complexity index is 365. The van der Waals surface area contributed by atoms with Gasteiger partial charge in [0, 0.05) is 11.8 Å². The molecule has 0 saturated carbocycles. The Kier molecular flexibility index (Phi) is 4.66. The van der Waals surface area contributed by atoms with Crippen LogP contribution >= 0.6 is 0 Å². The lowest BCUT2D eigenvalue weighted by Crippen LogP contribution is -2.51. The summed E-state index contributed by atoms with van der Waals surface area (Å²) in [5, 5.41) is 17.0. The number of carbonyl (C=O) groups excluding carboxylic acids is 2. The Hall–Kier alpha value is -1.63. The van der Waals surface area contributed by atoms with E-state index in [0.717, 1.165) is 0 Å². The van der Waals surface area contributed by atoms with Gasteiger partial charge in [-0.2, -0.15) is 0 Å². The Morgan fingerprint density at radius 2 is 2.28 bits per heavy atom. The second-order valence-electron chi connectivity index (χ2n) is 5.08. The zero-order valence-corrected chi connectivity index (χ0v) is 10.7. The summed E-state index contributed by atoms with van der Waals surface area (Å²) in [4.78, 5) is 22.4. The van der Waals surface area contributed by atoms with Crippen molar-refractivity contribution in [2.75, 3.05) is 6.54 Å². The number of imide groups is 1. The quantitative estimate of drug-likeness (QED) is 0.175. The number of oxime groups is 1. The first-order chi connectivity index (χ1) is 8.36. The van der Waals surface area contributed by atoms with Crippen LogP contribution in [0.5, 0.6) is 0 Å². The summed E-state index contributed by atoms with van der Waals surface area (Å²) in [5.41, 5.74) is 5.12. The first-order valence-electron chi connectivity index (χ1n) is 5.92. The summed E-state index contributed by atoms with van der Waals surface area (Å²) in [7, 11) is 0. The van der Waals surface area contributed by atoms with E-state index >= 15 is 0 Å². The van der Waals surface area contributed by atoms with Crippen molar-refractivity contribution < 1.29 is 14.8 Å². The average Bonchev–Trinajstić information content (AvgIpc) is 2.30. The fourth-order valence-electron chi connectivity index (χ4n) is 1.71. The lowest BCUT2D eigenvalue weighted by atomic mass is 9.88. The van der Waals surface area contributed by atoms with Gasteiger partial charge in [0.15, 0.2) is 0 Å². The van der Waals surface area contributed by atoms with Crippen LogP contribution in [-0.2, 0) is 9.59 Å². The summed E-state index contributed by atoms with van der Waals surface area (Å²) in [6.45, 7) is 4.26. The van der Waals surface area contributed by atoms with Crippen LogP contribution in [0.25, 0.3) is 0 Å². The van der Waals surface area contributed by atoms with Crippen molar-refractivity contribution in [2.24, 2.45) is 16.3 Å². The van der Waals surface area contributed by atoms with Crippen LogP contribution < -0.4 is 16.4 Å². The molecule has 1 atom stereocenters. The number of amides is 2. The molecule has 1 fully saturated rings. The van der Waals surface area contributed by atoms with Gasteiger partial charge < -0.3 is 16.3 Å². The summed E-state index contributed by atoms with van der Waals surface area (Å²) >= 11 is 0. The third kappa shape index (κ3) is 3.69. The van der Waals surface area contributed by atoms with E-state index in [1.165, 1.54) is 0 Å². The molecule has 7 nitrogen and oxygen atoms in total. The maximum atomic E-state index is 11.5. The highest BCUT2D eigenvalue weighted by Gasteiger charge is 2.28. The molecule has 1 heterocycles. The van der Waals surface area contributed by atoms with E-state index in [4.69, 9.17) is 10.9 Å². The van der Waals surface area contributed by atoms with Crippen LogP contribution in [0.15, 0.2) is 5.16 Å². The fourth-order valence-corrected chi connectivity index (χ4v) is 1.71. The predicted octanol–water partition coefficient (Wildman–Crippen LogP) is -0.456. The van der Waals surface area contributed by atoms with E-state index < -0.39 is 5.41 Å². The second-order valence-corrected chi connectivity index (χ2v) is 5.08. The lowest BCUT2D eigenvalue weighted by molar-refractivity contribution is -0.134. The molecule has 2 amide bonds. The maximum absolute atomic E-state index is 11.5. The third-order valence-corrected chi connectivity index (χ3v) is 3.18. The highest BCUT2D eigenvalue weighted by molar-refractivity contribution is 6.00. The third-order valence-electron chi connectivity index (χ3n) is 3.18. The van der Waals surface area contributed by atoms with Crippen molar-refractivity contribution in [3.63, 3.8) is 0 Å². The molecule has 7 heteroatoms. The molecule has 0 aliphatic carbocycles. The van der Waals surface area contributed by atoms with Crippen molar-refractivity contribution in [3.05, 3.63) is 0 Å². The number of nitrogens with two attached hydrogens (primary N) is 1. The molecule has 0 aromatic carbocycles. The van der Waals surface area contributed by atoms with Gasteiger partial charge in [-0.05, 0) is 19.4 Å². The van der Waals surface area contributed by atoms with Crippen LogP contribution in [0.3, 0.4) is 0 Å². The minimum absolute atomic E-state index is 0.160. The van der Waals surface area contributed by atoms with Crippen molar-refractivity contribution in [3.8, 4) is 0 Å². The SMILES string of the molecule is CC(C)(CCNC1CCC(=O)NC1=O)C(N)=NO. The van der Waals surface area contributed by atoms with Gasteiger partial charge in [-0.3, -0.25) is 14.9 Å². The van der Waals surface area contributed by atoms with E-state index in [1.807, 2.05) is 13.8 Å². The molecule has 1 unspecified atom stereocenters. The molecule has 0 bridgehead atoms. The van der Waals surface area contributed by atoms with E-state index in [0.29, 0.717) is 25.8 Å². The molecular weight excluding hydrogens is 236 g/mol. The Balaban J connectivity index is 2.38. The van der Waals surface area contributed by atoms with Crippen LogP contribution in [0.1, 0.15) is 33.1 Å². The molecule has 1 aliphatic rings. The fraction of sp³-hybridized carbons (Fsp3) is 0.727. The number of hydrogen-bond donors (Lipinski definition) is 4. The lowest BCUT2D eigenvalue weighted by Gasteiger charge is -2.26. The monoisotopic (exact) mass is 256 g/mol. The number of amidine groups is 1. The normalized spacial score (nSPS) is 21.9. The van der Waals surface area contributed by atoms with E-state index in [1.54, 1.807) is 0 Å². The van der Waals surface area contributed by atoms with Gasteiger partial charge >= 0.3 is 0 Å². The molecule has 0 radical (unpaired) electrons. The minimum atomic E-state index is -0.442. The number of nitrogens with zero attached hydrogens (tertiary/aromatic N) is 1. The molecule has 18 heavy (non-hydrogen) atoms. The van der Waals surface area contributed by atoms with Gasteiger partial charge in [-0.15, -0.1) is 0 Å². The van der Waals surface area contributed by atoms with Gasteiger partial charge in [0.2, 0.25) is 11.8 Å². The molecule has 102 valence electrons. The first-order valence-corrected chi connectivity index (χ1v) is 5.92.